The monoisotopic (exact) mass is 252 g/mol. The number of rotatable bonds is 6. The van der Waals surface area contributed by atoms with Crippen LogP contribution >= 0.6 is 11.8 Å². The molecule has 0 bridgehead atoms. The van der Waals surface area contributed by atoms with Crippen LogP contribution < -0.4 is 4.74 Å². The predicted molar refractivity (Wildman–Crippen MR) is 73.8 cm³/mol. The van der Waals surface area contributed by atoms with Crippen molar-refractivity contribution in [1.82, 2.24) is 0 Å². The molecule has 0 aliphatic heterocycles. The van der Waals surface area contributed by atoms with E-state index in [2.05, 4.69) is 6.92 Å². The molecule has 1 aromatic rings. The van der Waals surface area contributed by atoms with E-state index in [4.69, 9.17) is 4.74 Å². The molecule has 0 fully saturated rings. The van der Waals surface area contributed by atoms with E-state index in [1.54, 1.807) is 7.11 Å². The van der Waals surface area contributed by atoms with E-state index in [-0.39, 0.29) is 11.0 Å². The SMILES string of the molecule is CCCCSC(=O)C(C)c1ccccc1OC. The second-order valence-corrected chi connectivity index (χ2v) is 5.08. The highest BCUT2D eigenvalue weighted by Crippen LogP contribution is 2.29. The fourth-order valence-corrected chi connectivity index (χ4v) is 2.60. The highest BCUT2D eigenvalue weighted by Gasteiger charge is 2.18. The average Bonchev–Trinajstić information content (AvgIpc) is 2.38. The van der Waals surface area contributed by atoms with Crippen LogP contribution in [0.1, 0.15) is 38.2 Å². The van der Waals surface area contributed by atoms with E-state index in [1.807, 2.05) is 31.2 Å². The minimum atomic E-state index is -0.104. The summed E-state index contributed by atoms with van der Waals surface area (Å²) < 4.78 is 5.28. The standard InChI is InChI=1S/C14H20O2S/c1-4-5-10-17-14(15)11(2)12-8-6-7-9-13(12)16-3/h6-9,11H,4-5,10H2,1-3H3. The summed E-state index contributed by atoms with van der Waals surface area (Å²) in [7, 11) is 1.64. The zero-order chi connectivity index (χ0) is 12.7. The Hall–Kier alpha value is -0.960. The summed E-state index contributed by atoms with van der Waals surface area (Å²) in [5.74, 6) is 1.60. The van der Waals surface area contributed by atoms with Gasteiger partial charge in [-0.2, -0.15) is 0 Å². The molecule has 17 heavy (non-hydrogen) atoms. The van der Waals surface area contributed by atoms with Gasteiger partial charge < -0.3 is 4.74 Å². The third-order valence-electron chi connectivity index (χ3n) is 2.70. The molecule has 1 aromatic carbocycles. The summed E-state index contributed by atoms with van der Waals surface area (Å²) in [6.07, 6.45) is 2.22. The maximum Gasteiger partial charge on any atom is 0.196 e. The van der Waals surface area contributed by atoms with Gasteiger partial charge in [0.1, 0.15) is 5.75 Å². The fourth-order valence-electron chi connectivity index (χ4n) is 1.59. The van der Waals surface area contributed by atoms with E-state index >= 15 is 0 Å². The largest absolute Gasteiger partial charge is 0.496 e. The summed E-state index contributed by atoms with van der Waals surface area (Å²) >= 11 is 1.43. The number of ether oxygens (including phenoxy) is 1. The van der Waals surface area contributed by atoms with Crippen LogP contribution in [-0.2, 0) is 4.79 Å². The summed E-state index contributed by atoms with van der Waals surface area (Å²) in [4.78, 5) is 12.0. The molecule has 2 nitrogen and oxygen atoms in total. The summed E-state index contributed by atoms with van der Waals surface area (Å²) in [5.41, 5.74) is 0.976. The Balaban J connectivity index is 2.67. The first-order valence-electron chi connectivity index (χ1n) is 6.00. The fraction of sp³-hybridized carbons (Fsp3) is 0.500. The minimum Gasteiger partial charge on any atom is -0.496 e. The van der Waals surface area contributed by atoms with Gasteiger partial charge in [-0.15, -0.1) is 0 Å². The number of hydrogen-bond acceptors (Lipinski definition) is 3. The Morgan fingerprint density at radius 2 is 2.12 bits per heavy atom. The van der Waals surface area contributed by atoms with Gasteiger partial charge >= 0.3 is 0 Å². The van der Waals surface area contributed by atoms with E-state index in [9.17, 15) is 4.79 Å². The molecule has 0 aliphatic rings. The van der Waals surface area contributed by atoms with Gasteiger partial charge in [0.05, 0.1) is 13.0 Å². The Labute approximate surface area is 108 Å². The lowest BCUT2D eigenvalue weighted by Crippen LogP contribution is -2.07. The van der Waals surface area contributed by atoms with Crippen molar-refractivity contribution in [2.24, 2.45) is 0 Å². The maximum absolute atomic E-state index is 12.0. The van der Waals surface area contributed by atoms with Crippen molar-refractivity contribution in [2.45, 2.75) is 32.6 Å². The van der Waals surface area contributed by atoms with E-state index in [0.29, 0.717) is 0 Å². The molecule has 0 amide bonds. The number of carbonyl (C=O) groups is 1. The lowest BCUT2D eigenvalue weighted by atomic mass is 10.0. The van der Waals surface area contributed by atoms with Crippen LogP contribution in [0.5, 0.6) is 5.75 Å². The second-order valence-electron chi connectivity index (χ2n) is 3.98. The van der Waals surface area contributed by atoms with Crippen LogP contribution in [0, 0.1) is 0 Å². The Morgan fingerprint density at radius 1 is 1.41 bits per heavy atom. The van der Waals surface area contributed by atoms with Crippen molar-refractivity contribution in [3.63, 3.8) is 0 Å². The van der Waals surface area contributed by atoms with E-state index in [0.717, 1.165) is 29.9 Å². The van der Waals surface area contributed by atoms with Crippen LogP contribution in [-0.4, -0.2) is 18.0 Å². The third-order valence-corrected chi connectivity index (χ3v) is 3.83. The Morgan fingerprint density at radius 3 is 2.76 bits per heavy atom. The van der Waals surface area contributed by atoms with Crippen molar-refractivity contribution < 1.29 is 9.53 Å². The molecule has 94 valence electrons. The second kappa shape index (κ2) is 7.38. The van der Waals surface area contributed by atoms with Gasteiger partial charge in [0.2, 0.25) is 0 Å². The zero-order valence-electron chi connectivity index (χ0n) is 10.7. The predicted octanol–water partition coefficient (Wildman–Crippen LogP) is 3.86. The van der Waals surface area contributed by atoms with Gasteiger partial charge in [-0.25, -0.2) is 0 Å². The molecule has 0 aromatic heterocycles. The van der Waals surface area contributed by atoms with Gasteiger partial charge in [-0.3, -0.25) is 4.79 Å². The lowest BCUT2D eigenvalue weighted by Gasteiger charge is -2.13. The first-order chi connectivity index (χ1) is 8.20. The third kappa shape index (κ3) is 4.08. The van der Waals surface area contributed by atoms with Gasteiger partial charge in [-0.1, -0.05) is 50.2 Å². The van der Waals surface area contributed by atoms with E-state index in [1.165, 1.54) is 11.8 Å². The molecule has 3 heteroatoms. The number of methoxy groups -OCH3 is 1. The molecule has 0 heterocycles. The quantitative estimate of drug-likeness (QED) is 0.719. The molecule has 0 spiro atoms. The van der Waals surface area contributed by atoms with Crippen molar-refractivity contribution in [1.29, 1.82) is 0 Å². The Kier molecular flexibility index (Phi) is 6.12. The smallest absolute Gasteiger partial charge is 0.196 e. The molecular weight excluding hydrogens is 232 g/mol. The van der Waals surface area contributed by atoms with Crippen molar-refractivity contribution in [3.05, 3.63) is 29.8 Å². The first-order valence-corrected chi connectivity index (χ1v) is 6.98. The van der Waals surface area contributed by atoms with E-state index < -0.39 is 0 Å². The van der Waals surface area contributed by atoms with Crippen LogP contribution in [0.3, 0.4) is 0 Å². The highest BCUT2D eigenvalue weighted by atomic mass is 32.2. The molecular formula is C14H20O2S. The van der Waals surface area contributed by atoms with Gasteiger partial charge in [0.15, 0.2) is 5.12 Å². The number of benzene rings is 1. The van der Waals surface area contributed by atoms with Crippen LogP contribution in [0.2, 0.25) is 0 Å². The first kappa shape index (κ1) is 14.1. The summed E-state index contributed by atoms with van der Waals surface area (Å²) in [6, 6.07) is 7.72. The molecule has 0 radical (unpaired) electrons. The lowest BCUT2D eigenvalue weighted by molar-refractivity contribution is -0.111. The normalized spacial score (nSPS) is 12.2. The molecule has 1 rings (SSSR count). The van der Waals surface area contributed by atoms with Crippen LogP contribution in [0.15, 0.2) is 24.3 Å². The Bertz CT molecular complexity index is 363. The van der Waals surface area contributed by atoms with Crippen molar-refractivity contribution >= 4 is 16.9 Å². The van der Waals surface area contributed by atoms with Crippen LogP contribution in [0.25, 0.3) is 0 Å². The summed E-state index contributed by atoms with van der Waals surface area (Å²) in [5, 5.41) is 0.225. The highest BCUT2D eigenvalue weighted by molar-refractivity contribution is 8.13. The summed E-state index contributed by atoms with van der Waals surface area (Å²) in [6.45, 7) is 4.08. The molecule has 0 saturated carbocycles. The molecule has 0 aliphatic carbocycles. The minimum absolute atomic E-state index is 0.104. The van der Waals surface area contributed by atoms with Crippen molar-refractivity contribution in [2.75, 3.05) is 12.9 Å². The molecule has 0 saturated heterocycles. The number of unbranched alkanes of at least 4 members (excludes halogenated alkanes) is 1. The number of carbonyl (C=O) groups excluding carboxylic acids is 1. The average molecular weight is 252 g/mol. The van der Waals surface area contributed by atoms with Gasteiger partial charge in [-0.05, 0) is 12.5 Å². The number of para-hydroxylation sites is 1. The topological polar surface area (TPSA) is 26.3 Å². The van der Waals surface area contributed by atoms with Crippen molar-refractivity contribution in [3.8, 4) is 5.75 Å². The zero-order valence-corrected chi connectivity index (χ0v) is 11.5. The van der Waals surface area contributed by atoms with Gasteiger partial charge in [0, 0.05) is 11.3 Å². The maximum atomic E-state index is 12.0. The van der Waals surface area contributed by atoms with Crippen LogP contribution in [0.4, 0.5) is 0 Å². The number of hydrogen-bond donors (Lipinski definition) is 0. The number of thioether (sulfide) groups is 1. The molecule has 1 atom stereocenters. The molecule has 0 N–H and O–H groups in total. The molecule has 1 unspecified atom stereocenters. The van der Waals surface area contributed by atoms with Gasteiger partial charge in [0.25, 0.3) is 0 Å².